The first-order chi connectivity index (χ1) is 15.4. The lowest BCUT2D eigenvalue weighted by molar-refractivity contribution is -0.148. The van der Waals surface area contributed by atoms with Crippen molar-refractivity contribution in [2.24, 2.45) is 4.99 Å². The van der Waals surface area contributed by atoms with Crippen LogP contribution in [-0.4, -0.2) is 44.7 Å². The molecule has 1 saturated carbocycles. The summed E-state index contributed by atoms with van der Waals surface area (Å²) < 4.78 is 46.0. The maximum Gasteiger partial charge on any atom is 0.387 e. The van der Waals surface area contributed by atoms with Gasteiger partial charge in [0.05, 0.1) is 26.0 Å². The van der Waals surface area contributed by atoms with E-state index in [0.29, 0.717) is 17.9 Å². The predicted molar refractivity (Wildman–Crippen MR) is 114 cm³/mol. The third kappa shape index (κ3) is 4.40. The highest BCUT2D eigenvalue weighted by Gasteiger charge is 2.38. The summed E-state index contributed by atoms with van der Waals surface area (Å²) in [7, 11) is 3.16. The van der Waals surface area contributed by atoms with Crippen molar-refractivity contribution in [3.8, 4) is 17.2 Å². The first-order valence-electron chi connectivity index (χ1n) is 10.5. The van der Waals surface area contributed by atoms with Crippen LogP contribution in [0.5, 0.6) is 17.2 Å². The molecule has 0 saturated heterocycles. The number of methoxy groups -OCH3 is 2. The minimum absolute atomic E-state index is 0.0133. The highest BCUT2D eigenvalue weighted by atomic mass is 19.3. The van der Waals surface area contributed by atoms with Gasteiger partial charge < -0.3 is 18.9 Å². The molecule has 4 rings (SSSR count). The molecule has 1 fully saturated rings. The lowest BCUT2D eigenvalue weighted by Crippen LogP contribution is -2.36. The monoisotopic (exact) mass is 445 g/mol. The van der Waals surface area contributed by atoms with E-state index in [4.69, 9.17) is 19.2 Å². The van der Waals surface area contributed by atoms with Crippen LogP contribution in [0.25, 0.3) is 0 Å². The van der Waals surface area contributed by atoms with Crippen molar-refractivity contribution in [1.82, 2.24) is 0 Å². The van der Waals surface area contributed by atoms with Gasteiger partial charge >= 0.3 is 12.6 Å². The molecular weight excluding hydrogens is 420 g/mol. The molecule has 1 aliphatic heterocycles. The van der Waals surface area contributed by atoms with Gasteiger partial charge in [-0.25, -0.2) is 0 Å². The minimum atomic E-state index is -2.88. The minimum Gasteiger partial charge on any atom is -0.493 e. The molecule has 2 aromatic rings. The average Bonchev–Trinajstić information content (AvgIpc) is 2.77. The molecule has 0 radical (unpaired) electrons. The van der Waals surface area contributed by atoms with Gasteiger partial charge in [0.15, 0.2) is 11.5 Å². The second-order valence-corrected chi connectivity index (χ2v) is 7.89. The van der Waals surface area contributed by atoms with Gasteiger partial charge in [-0.3, -0.25) is 9.79 Å². The molecule has 2 aliphatic rings. The topological polar surface area (TPSA) is 66.4 Å². The molecule has 1 heterocycles. The molecule has 3 atom stereocenters. The summed E-state index contributed by atoms with van der Waals surface area (Å²) in [6, 6.07) is 10.3. The lowest BCUT2D eigenvalue weighted by atomic mass is 9.74. The summed E-state index contributed by atoms with van der Waals surface area (Å²) in [5, 5.41) is 0. The number of aliphatic imine (C=N–C) groups is 1. The number of fused-ring (bicyclic) bond motifs is 3. The molecule has 6 nitrogen and oxygen atoms in total. The maximum absolute atomic E-state index is 12.5. The maximum atomic E-state index is 12.5. The van der Waals surface area contributed by atoms with Crippen molar-refractivity contribution < 1.29 is 32.5 Å². The van der Waals surface area contributed by atoms with E-state index in [1.807, 2.05) is 12.1 Å². The zero-order valence-electron chi connectivity index (χ0n) is 18.1. The van der Waals surface area contributed by atoms with Crippen molar-refractivity contribution >= 4 is 11.7 Å². The van der Waals surface area contributed by atoms with Crippen LogP contribution in [0.2, 0.25) is 0 Å². The Morgan fingerprint density at radius 3 is 2.38 bits per heavy atom. The van der Waals surface area contributed by atoms with Crippen LogP contribution in [0.15, 0.2) is 41.4 Å². The number of alkyl halides is 2. The molecule has 8 heteroatoms. The van der Waals surface area contributed by atoms with Crippen LogP contribution in [0.1, 0.15) is 48.8 Å². The van der Waals surface area contributed by atoms with E-state index in [2.05, 4.69) is 4.74 Å². The largest absolute Gasteiger partial charge is 0.493 e. The Morgan fingerprint density at radius 1 is 1.06 bits per heavy atom. The van der Waals surface area contributed by atoms with E-state index in [1.54, 1.807) is 26.4 Å². The zero-order chi connectivity index (χ0) is 22.8. The highest BCUT2D eigenvalue weighted by Crippen LogP contribution is 2.45. The van der Waals surface area contributed by atoms with Crippen molar-refractivity contribution in [2.75, 3.05) is 14.2 Å². The summed E-state index contributed by atoms with van der Waals surface area (Å²) in [6.07, 6.45) is 2.02. The predicted octanol–water partition coefficient (Wildman–Crippen LogP) is 4.72. The Bertz CT molecular complexity index is 1020. The number of esters is 1. The second-order valence-electron chi connectivity index (χ2n) is 7.89. The van der Waals surface area contributed by atoms with Gasteiger partial charge in [-0.1, -0.05) is 0 Å². The summed E-state index contributed by atoms with van der Waals surface area (Å²) in [5.41, 5.74) is 3.48. The Balaban J connectivity index is 1.76. The van der Waals surface area contributed by atoms with Crippen molar-refractivity contribution in [2.45, 2.75) is 50.9 Å². The highest BCUT2D eigenvalue weighted by molar-refractivity contribution is 6.15. The molecule has 32 heavy (non-hydrogen) atoms. The quantitative estimate of drug-likeness (QED) is 0.602. The Labute approximate surface area is 185 Å². The van der Waals surface area contributed by atoms with Gasteiger partial charge in [0.2, 0.25) is 0 Å². The van der Waals surface area contributed by atoms with Crippen molar-refractivity contribution in [3.63, 3.8) is 0 Å². The van der Waals surface area contributed by atoms with Crippen molar-refractivity contribution in [3.05, 3.63) is 53.1 Å². The van der Waals surface area contributed by atoms with Crippen LogP contribution in [-0.2, 0) is 9.53 Å². The fourth-order valence-corrected chi connectivity index (χ4v) is 4.61. The fourth-order valence-electron chi connectivity index (χ4n) is 4.61. The average molecular weight is 445 g/mol. The molecule has 0 aromatic heterocycles. The van der Waals surface area contributed by atoms with Gasteiger partial charge in [-0.05, 0) is 61.2 Å². The Hall–Kier alpha value is -3.16. The molecule has 0 N–H and O–H groups in total. The number of hydrogen-bond donors (Lipinski definition) is 0. The summed E-state index contributed by atoms with van der Waals surface area (Å²) in [6.45, 7) is -1.45. The van der Waals surface area contributed by atoms with Gasteiger partial charge in [-0.15, -0.1) is 0 Å². The van der Waals surface area contributed by atoms with Crippen LogP contribution < -0.4 is 14.2 Å². The van der Waals surface area contributed by atoms with Gasteiger partial charge in [0.1, 0.15) is 11.9 Å². The standard InChI is InChI=1S/C24H25F2NO5/c1-13(28)31-16-8-9-20-18(10-16)17-11-21(29-2)22(30-3)12-19(17)23(27-20)14-4-6-15(7-5-14)32-24(25)26/h4-7,11-12,16,18,20,24H,8-10H2,1-3H3. The summed E-state index contributed by atoms with van der Waals surface area (Å²) in [4.78, 5) is 16.5. The Kier molecular flexibility index (Phi) is 6.30. The molecule has 0 bridgehead atoms. The summed E-state index contributed by atoms with van der Waals surface area (Å²) in [5.74, 6) is 1.05. The smallest absolute Gasteiger partial charge is 0.387 e. The third-order valence-corrected chi connectivity index (χ3v) is 5.96. The summed E-state index contributed by atoms with van der Waals surface area (Å²) >= 11 is 0. The third-order valence-electron chi connectivity index (χ3n) is 5.96. The Morgan fingerprint density at radius 2 is 1.75 bits per heavy atom. The second kappa shape index (κ2) is 9.14. The van der Waals surface area contributed by atoms with Crippen LogP contribution in [0.4, 0.5) is 8.78 Å². The van der Waals surface area contributed by atoms with E-state index in [9.17, 15) is 13.6 Å². The van der Waals surface area contributed by atoms with Gasteiger partial charge in [-0.2, -0.15) is 8.78 Å². The van der Waals surface area contributed by atoms with Crippen LogP contribution in [0, 0.1) is 0 Å². The molecule has 170 valence electrons. The lowest BCUT2D eigenvalue weighted by Gasteiger charge is -2.38. The number of benzene rings is 2. The molecule has 2 aromatic carbocycles. The number of halogens is 2. The van der Waals surface area contributed by atoms with E-state index in [1.165, 1.54) is 19.1 Å². The zero-order valence-corrected chi connectivity index (χ0v) is 18.1. The number of carbonyl (C=O) groups is 1. The fraction of sp³-hybridized carbons (Fsp3) is 0.417. The normalized spacial score (nSPS) is 21.8. The molecule has 1 aliphatic carbocycles. The van der Waals surface area contributed by atoms with Crippen LogP contribution in [0.3, 0.4) is 0 Å². The van der Waals surface area contributed by atoms with E-state index in [-0.39, 0.29) is 29.8 Å². The first-order valence-corrected chi connectivity index (χ1v) is 10.5. The number of ether oxygens (including phenoxy) is 4. The molecule has 0 amide bonds. The molecular formula is C24H25F2NO5. The van der Waals surface area contributed by atoms with Gasteiger partial charge in [0.25, 0.3) is 0 Å². The first kappa shape index (κ1) is 22.0. The number of nitrogens with zero attached hydrogens (tertiary/aromatic N) is 1. The molecule has 3 unspecified atom stereocenters. The number of carbonyl (C=O) groups excluding carboxylic acids is 1. The number of hydrogen-bond acceptors (Lipinski definition) is 6. The molecule has 0 spiro atoms. The van der Waals surface area contributed by atoms with E-state index < -0.39 is 6.61 Å². The SMILES string of the molecule is COc1cc2c(cc1OC)C1CC(OC(C)=O)CCC1N=C2c1ccc(OC(F)F)cc1. The van der Waals surface area contributed by atoms with Gasteiger partial charge in [0, 0.05) is 24.0 Å². The van der Waals surface area contributed by atoms with Crippen molar-refractivity contribution in [1.29, 1.82) is 0 Å². The number of rotatable bonds is 6. The van der Waals surface area contributed by atoms with E-state index >= 15 is 0 Å². The van der Waals surface area contributed by atoms with Crippen LogP contribution >= 0.6 is 0 Å². The van der Waals surface area contributed by atoms with E-state index in [0.717, 1.165) is 35.2 Å².